The number of aliphatic hydroxyl groups excluding tert-OH is 1. The van der Waals surface area contributed by atoms with Gasteiger partial charge in [-0.05, 0) is 72.6 Å². The Morgan fingerprint density at radius 2 is 2.03 bits per heavy atom. The molecule has 3 aromatic rings. The number of benzene rings is 1. The van der Waals surface area contributed by atoms with Gasteiger partial charge in [0, 0.05) is 47.0 Å². The van der Waals surface area contributed by atoms with E-state index in [4.69, 9.17) is 16.3 Å². The van der Waals surface area contributed by atoms with Crippen molar-refractivity contribution < 1.29 is 23.1 Å². The van der Waals surface area contributed by atoms with E-state index in [2.05, 4.69) is 25.6 Å². The first kappa shape index (κ1) is 29.0. The number of sulfonamides is 1. The molecule has 1 amide bonds. The van der Waals surface area contributed by atoms with Crippen molar-refractivity contribution in [1.82, 2.24) is 14.6 Å². The van der Waals surface area contributed by atoms with Crippen LogP contribution in [0.1, 0.15) is 54.8 Å². The number of nitrogens with one attached hydrogen (secondary N) is 1. The van der Waals surface area contributed by atoms with Crippen molar-refractivity contribution in [1.29, 1.82) is 0 Å². The smallest absolute Gasteiger partial charge is 0.253 e. The second-order valence-electron chi connectivity index (χ2n) is 9.55. The molecule has 2 atom stereocenters. The van der Waals surface area contributed by atoms with Gasteiger partial charge < -0.3 is 14.7 Å². The summed E-state index contributed by atoms with van der Waals surface area (Å²) >= 11 is 10.2. The highest BCUT2D eigenvalue weighted by Crippen LogP contribution is 2.42. The Morgan fingerprint density at radius 3 is 2.66 bits per heavy atom. The van der Waals surface area contributed by atoms with Crippen molar-refractivity contribution in [2.45, 2.75) is 55.6 Å². The zero-order chi connectivity index (χ0) is 27.7. The first-order valence-corrected chi connectivity index (χ1v) is 15.6. The van der Waals surface area contributed by atoms with Crippen molar-refractivity contribution in [2.75, 3.05) is 13.1 Å². The van der Waals surface area contributed by atoms with Crippen molar-refractivity contribution >= 4 is 54.8 Å². The Balaban J connectivity index is 1.65. The van der Waals surface area contributed by atoms with Crippen LogP contribution in [0.2, 0.25) is 4.34 Å². The van der Waals surface area contributed by atoms with Crippen LogP contribution in [0, 0.1) is 0 Å². The molecule has 0 aliphatic carbocycles. The van der Waals surface area contributed by atoms with Gasteiger partial charge in [0.15, 0.2) is 0 Å². The predicted molar refractivity (Wildman–Crippen MR) is 151 cm³/mol. The van der Waals surface area contributed by atoms with Gasteiger partial charge in [0.2, 0.25) is 0 Å². The predicted octanol–water partition coefficient (Wildman–Crippen LogP) is 5.21. The third kappa shape index (κ3) is 6.24. The fourth-order valence-corrected chi connectivity index (χ4v) is 7.85. The number of thiophene rings is 1. The molecule has 1 aromatic carbocycles. The lowest BCUT2D eigenvalue weighted by Gasteiger charge is -2.42. The molecule has 8 nitrogen and oxygen atoms in total. The molecule has 1 aliphatic heterocycles. The molecule has 2 aromatic heterocycles. The number of amides is 1. The number of aliphatic hydroxyl groups is 1. The minimum atomic E-state index is -4.05. The summed E-state index contributed by atoms with van der Waals surface area (Å²) in [4.78, 5) is 19.6. The molecule has 0 fully saturated rings. The largest absolute Gasteiger partial charge is 0.485 e. The topological polar surface area (TPSA) is 109 Å². The van der Waals surface area contributed by atoms with Crippen molar-refractivity contribution in [2.24, 2.45) is 0 Å². The highest BCUT2D eigenvalue weighted by Gasteiger charge is 2.45. The van der Waals surface area contributed by atoms with Gasteiger partial charge in [0.05, 0.1) is 6.04 Å². The number of nitrogens with zero attached hydrogens (tertiary/aromatic N) is 2. The maximum Gasteiger partial charge on any atom is 0.253 e. The number of pyridine rings is 1. The maximum atomic E-state index is 13.5. The zero-order valence-corrected chi connectivity index (χ0v) is 25.1. The van der Waals surface area contributed by atoms with Crippen LogP contribution in [-0.2, 0) is 16.4 Å². The Bertz CT molecular complexity index is 1400. The zero-order valence-electron chi connectivity index (χ0n) is 21.1. The van der Waals surface area contributed by atoms with Gasteiger partial charge in [0.1, 0.15) is 26.0 Å². The number of carbonyl (C=O) groups excluding carboxylic acids is 1. The van der Waals surface area contributed by atoms with E-state index in [1.807, 2.05) is 25.1 Å². The van der Waals surface area contributed by atoms with E-state index in [-0.39, 0.29) is 10.1 Å². The number of ether oxygens (including phenoxy) is 1. The monoisotopic (exact) mass is 641 g/mol. The number of aromatic nitrogens is 1. The molecule has 0 radical (unpaired) electrons. The van der Waals surface area contributed by atoms with Crippen LogP contribution < -0.4 is 9.46 Å². The summed E-state index contributed by atoms with van der Waals surface area (Å²) in [5.74, 6) is 0.200. The molecular weight excluding hydrogens is 614 g/mol. The van der Waals surface area contributed by atoms with Crippen molar-refractivity contribution in [3.8, 4) is 5.75 Å². The van der Waals surface area contributed by atoms with Gasteiger partial charge in [-0.15, -0.1) is 11.3 Å². The molecule has 0 bridgehead atoms. The SMILES string of the molecule is CCCN(CCc1ccccn1)C(=O)c1ccc2c(c1)[C@@H](NS(=O)(=O)c1cc(Br)c(Cl)s1)[C@H](O)C(C)(C)O2. The van der Waals surface area contributed by atoms with Crippen LogP contribution in [0.25, 0.3) is 0 Å². The van der Waals surface area contributed by atoms with Gasteiger partial charge in [0.25, 0.3) is 15.9 Å². The summed E-state index contributed by atoms with van der Waals surface area (Å²) in [6.45, 7) is 6.40. The van der Waals surface area contributed by atoms with Crippen LogP contribution in [0.4, 0.5) is 0 Å². The molecule has 12 heteroatoms. The standard InChI is InChI=1S/C26H29BrClN3O5S2/c1-4-12-31(13-10-17-7-5-6-11-29-17)25(33)16-8-9-20-18(14-16)22(23(32)26(2,3)36-20)30-38(34,35)21-15-19(27)24(28)37-21/h5-9,11,14-15,22-23,30,32H,4,10,12-13H2,1-3H3/t22-,23+/m1/s1. The molecule has 0 saturated heterocycles. The normalized spacial score (nSPS) is 18.5. The fourth-order valence-electron chi connectivity index (χ4n) is 4.31. The molecule has 3 heterocycles. The van der Waals surface area contributed by atoms with Crippen molar-refractivity contribution in [3.05, 3.63) is 74.3 Å². The molecular formula is C26H29BrClN3O5S2. The number of carbonyl (C=O) groups is 1. The Labute approximate surface area is 240 Å². The summed E-state index contributed by atoms with van der Waals surface area (Å²) in [6, 6.07) is 11.0. The quantitative estimate of drug-likeness (QED) is 0.332. The number of hydrogen-bond donors (Lipinski definition) is 2. The van der Waals surface area contributed by atoms with Crippen LogP contribution in [0.5, 0.6) is 5.75 Å². The molecule has 0 saturated carbocycles. The highest BCUT2D eigenvalue weighted by molar-refractivity contribution is 9.10. The summed E-state index contributed by atoms with van der Waals surface area (Å²) in [6.07, 6.45) is 1.87. The van der Waals surface area contributed by atoms with E-state index in [0.29, 0.717) is 45.2 Å². The Hall–Kier alpha value is -2.02. The third-order valence-electron chi connectivity index (χ3n) is 6.31. The lowest BCUT2D eigenvalue weighted by atomic mass is 9.86. The molecule has 1 aliphatic rings. The lowest BCUT2D eigenvalue weighted by molar-refractivity contribution is -0.0603. The minimum absolute atomic E-state index is 0.00305. The lowest BCUT2D eigenvalue weighted by Crippen LogP contribution is -2.53. The number of halogens is 2. The maximum absolute atomic E-state index is 13.5. The van der Waals surface area contributed by atoms with Gasteiger partial charge in [-0.1, -0.05) is 24.6 Å². The Kier molecular flexibility index (Phi) is 8.85. The van der Waals surface area contributed by atoms with Crippen LogP contribution >= 0.6 is 38.9 Å². The van der Waals surface area contributed by atoms with E-state index in [1.54, 1.807) is 43.1 Å². The fraction of sp³-hybridized carbons (Fsp3) is 0.385. The Morgan fingerprint density at radius 1 is 1.26 bits per heavy atom. The summed E-state index contributed by atoms with van der Waals surface area (Å²) < 4.78 is 35.9. The second-order valence-corrected chi connectivity index (χ2v) is 14.0. The van der Waals surface area contributed by atoms with Gasteiger partial charge in [-0.2, -0.15) is 0 Å². The molecule has 0 unspecified atom stereocenters. The number of fused-ring (bicyclic) bond motifs is 1. The molecule has 0 spiro atoms. The van der Waals surface area contributed by atoms with E-state index in [1.165, 1.54) is 6.07 Å². The van der Waals surface area contributed by atoms with Crippen molar-refractivity contribution in [3.63, 3.8) is 0 Å². The summed E-state index contributed by atoms with van der Waals surface area (Å²) in [7, 11) is -4.05. The van der Waals surface area contributed by atoms with E-state index in [9.17, 15) is 18.3 Å². The number of rotatable bonds is 9. The van der Waals surface area contributed by atoms with E-state index >= 15 is 0 Å². The summed E-state index contributed by atoms with van der Waals surface area (Å²) in [5, 5.41) is 11.2. The highest BCUT2D eigenvalue weighted by atomic mass is 79.9. The molecule has 2 N–H and O–H groups in total. The summed E-state index contributed by atoms with van der Waals surface area (Å²) in [5.41, 5.74) is 0.561. The average Bonchev–Trinajstić information content (AvgIpc) is 3.23. The van der Waals surface area contributed by atoms with Gasteiger partial charge in [-0.3, -0.25) is 9.78 Å². The van der Waals surface area contributed by atoms with E-state index < -0.39 is 27.8 Å². The van der Waals surface area contributed by atoms with Gasteiger partial charge in [-0.25, -0.2) is 13.1 Å². The average molecular weight is 643 g/mol. The third-order valence-corrected chi connectivity index (χ3v) is 10.7. The molecule has 4 rings (SSSR count). The van der Waals surface area contributed by atoms with Crippen LogP contribution in [0.3, 0.4) is 0 Å². The molecule has 204 valence electrons. The first-order chi connectivity index (χ1) is 17.9. The second kappa shape index (κ2) is 11.6. The molecule has 38 heavy (non-hydrogen) atoms. The minimum Gasteiger partial charge on any atom is -0.485 e. The van der Waals surface area contributed by atoms with E-state index in [0.717, 1.165) is 23.5 Å². The van der Waals surface area contributed by atoms with Gasteiger partial charge >= 0.3 is 0 Å². The van der Waals surface area contributed by atoms with Crippen LogP contribution in [-0.4, -0.2) is 54.1 Å². The van der Waals surface area contributed by atoms with Crippen LogP contribution in [0.15, 0.2) is 57.3 Å². The number of hydrogen-bond acceptors (Lipinski definition) is 7. The first-order valence-electron chi connectivity index (χ1n) is 12.1.